The molecule has 0 saturated heterocycles. The zero-order valence-corrected chi connectivity index (χ0v) is 47.0. The van der Waals surface area contributed by atoms with Gasteiger partial charge in [-0.25, -0.2) is 0 Å². The zero-order valence-electron chi connectivity index (χ0n) is 47.0. The summed E-state index contributed by atoms with van der Waals surface area (Å²) in [4.78, 5) is 22.9. The predicted octanol–water partition coefficient (Wildman–Crippen LogP) is 15.1. The van der Waals surface area contributed by atoms with Crippen molar-refractivity contribution >= 4 is 11.6 Å². The number of aliphatic hydroxyl groups is 4. The quantitative estimate of drug-likeness (QED) is 0.211. The Hall–Kier alpha value is -0.820. The van der Waals surface area contributed by atoms with E-state index in [0.717, 1.165) is 75.0 Å². The van der Waals surface area contributed by atoms with Gasteiger partial charge in [-0.15, -0.1) is 0 Å². The summed E-state index contributed by atoms with van der Waals surface area (Å²) in [5, 5.41) is 38.8. The van der Waals surface area contributed by atoms with Gasteiger partial charge in [0, 0.05) is 24.7 Å². The SMILES string of the molecule is CC(C)C1CC[C@@H](C)CC1=O.CC(C)C1CC[C@@H](C)CC1O.CC(C)C1CC[C@@H](C)C[C@H]1O.CC(C)[C@H]1CC[C@@H](C)CC1=O.CC(C)[C@H]1CC[C@@H](C)CC1O.CC(C)[C@H]1CC[C@@H](C)C[C@H]1O. The van der Waals surface area contributed by atoms with Crippen molar-refractivity contribution in [2.45, 2.75) is 265 Å². The smallest absolute Gasteiger partial charge is 0.136 e. The number of carbonyl (C=O) groups excluding carboxylic acids is 2. The van der Waals surface area contributed by atoms with Crippen LogP contribution < -0.4 is 0 Å². The molecule has 0 radical (unpaired) electrons. The third kappa shape index (κ3) is 23.9. The summed E-state index contributed by atoms with van der Waals surface area (Å²) in [7, 11) is 0. The van der Waals surface area contributed by atoms with E-state index in [1.807, 2.05) is 0 Å². The molecule has 66 heavy (non-hydrogen) atoms. The first-order valence-electron chi connectivity index (χ1n) is 28.4. The second kappa shape index (κ2) is 32.2. The van der Waals surface area contributed by atoms with Crippen LogP contribution in [0.3, 0.4) is 0 Å². The maximum Gasteiger partial charge on any atom is 0.136 e. The van der Waals surface area contributed by atoms with Gasteiger partial charge in [0.25, 0.3) is 0 Å². The number of aliphatic hydroxyl groups excluding tert-OH is 4. The second-order valence-electron chi connectivity index (χ2n) is 26.0. The summed E-state index contributed by atoms with van der Waals surface area (Å²) in [6.07, 6.45) is 20.4. The number of hydrogen-bond acceptors (Lipinski definition) is 6. The van der Waals surface area contributed by atoms with Gasteiger partial charge < -0.3 is 20.4 Å². The topological polar surface area (TPSA) is 115 Å². The average Bonchev–Trinajstić information content (AvgIpc) is 3.18. The summed E-state index contributed by atoms with van der Waals surface area (Å²) in [6, 6.07) is 0. The maximum atomic E-state index is 11.4. The largest absolute Gasteiger partial charge is 0.393 e. The van der Waals surface area contributed by atoms with Gasteiger partial charge in [-0.1, -0.05) is 150 Å². The molecule has 0 aromatic heterocycles. The highest BCUT2D eigenvalue weighted by Gasteiger charge is 2.33. The van der Waals surface area contributed by atoms with Crippen LogP contribution in [0, 0.1) is 107 Å². The van der Waals surface area contributed by atoms with E-state index in [4.69, 9.17) is 0 Å². The molecule has 6 nitrogen and oxygen atoms in total. The fourth-order valence-electron chi connectivity index (χ4n) is 12.5. The second-order valence-corrected chi connectivity index (χ2v) is 26.0. The lowest BCUT2D eigenvalue weighted by Crippen LogP contribution is -2.31. The normalized spacial score (nSPS) is 37.3. The van der Waals surface area contributed by atoms with Crippen molar-refractivity contribution in [1.82, 2.24) is 0 Å². The lowest BCUT2D eigenvalue weighted by atomic mass is 9.75. The summed E-state index contributed by atoms with van der Waals surface area (Å²) in [6.45, 7) is 39.6. The first-order chi connectivity index (χ1) is 30.7. The number of rotatable bonds is 6. The molecule has 4 N–H and O–H groups in total. The zero-order chi connectivity index (χ0) is 50.6. The van der Waals surface area contributed by atoms with Gasteiger partial charge in [0.05, 0.1) is 24.4 Å². The monoisotopic (exact) mass is 933 g/mol. The molecule has 0 bridgehead atoms. The van der Waals surface area contributed by atoms with E-state index in [1.165, 1.54) is 64.2 Å². The third-order valence-corrected chi connectivity index (χ3v) is 17.4. The Bertz CT molecular complexity index is 1120. The molecular formula is C60H116O6. The third-order valence-electron chi connectivity index (χ3n) is 17.4. The first-order valence-corrected chi connectivity index (χ1v) is 28.4. The highest BCUT2D eigenvalue weighted by Crippen LogP contribution is 2.37. The molecule has 392 valence electrons. The highest BCUT2D eigenvalue weighted by atomic mass is 16.3. The molecule has 6 fully saturated rings. The van der Waals surface area contributed by atoms with Gasteiger partial charge in [-0.3, -0.25) is 9.59 Å². The van der Waals surface area contributed by atoms with E-state index in [2.05, 4.69) is 125 Å². The van der Waals surface area contributed by atoms with E-state index < -0.39 is 0 Å². The van der Waals surface area contributed by atoms with E-state index >= 15 is 0 Å². The van der Waals surface area contributed by atoms with Crippen molar-refractivity contribution in [3.63, 3.8) is 0 Å². The van der Waals surface area contributed by atoms with Gasteiger partial charge in [0.2, 0.25) is 0 Å². The van der Waals surface area contributed by atoms with Crippen molar-refractivity contribution in [3.05, 3.63) is 0 Å². The minimum Gasteiger partial charge on any atom is -0.393 e. The van der Waals surface area contributed by atoms with Gasteiger partial charge in [0.1, 0.15) is 11.6 Å². The van der Waals surface area contributed by atoms with Crippen LogP contribution >= 0.6 is 0 Å². The maximum absolute atomic E-state index is 11.4. The molecule has 6 aliphatic carbocycles. The molecule has 0 amide bonds. The Balaban J connectivity index is 0.000000396. The molecule has 6 rings (SSSR count). The van der Waals surface area contributed by atoms with Crippen LogP contribution in [0.15, 0.2) is 0 Å². The van der Waals surface area contributed by atoms with Crippen LogP contribution in [0.2, 0.25) is 0 Å². The van der Waals surface area contributed by atoms with Gasteiger partial charge in [-0.05, 0) is 172 Å². The summed E-state index contributed by atoms with van der Waals surface area (Å²) in [5.74, 6) is 11.9. The van der Waals surface area contributed by atoms with E-state index in [-0.39, 0.29) is 24.4 Å². The van der Waals surface area contributed by atoms with Gasteiger partial charge in [-0.2, -0.15) is 0 Å². The molecule has 6 saturated carbocycles. The fraction of sp³-hybridized carbons (Fsp3) is 0.967. The van der Waals surface area contributed by atoms with E-state index in [9.17, 15) is 30.0 Å². The van der Waals surface area contributed by atoms with Gasteiger partial charge in [0.15, 0.2) is 0 Å². The van der Waals surface area contributed by atoms with Crippen molar-refractivity contribution in [2.24, 2.45) is 107 Å². The Kier molecular flexibility index (Phi) is 30.8. The molecule has 0 aromatic carbocycles. The predicted molar refractivity (Wildman–Crippen MR) is 282 cm³/mol. The lowest BCUT2D eigenvalue weighted by Gasteiger charge is -2.33. The number of ketones is 2. The molecule has 0 aromatic rings. The van der Waals surface area contributed by atoms with Crippen LogP contribution in [0.1, 0.15) is 240 Å². The Morgan fingerprint density at radius 3 is 0.652 bits per heavy atom. The molecule has 16 atom stereocenters. The van der Waals surface area contributed by atoms with Gasteiger partial charge >= 0.3 is 0 Å². The Morgan fingerprint density at radius 2 is 0.500 bits per heavy atom. The average molecular weight is 934 g/mol. The molecule has 0 heterocycles. The highest BCUT2D eigenvalue weighted by molar-refractivity contribution is 5.82. The molecule has 0 aliphatic heterocycles. The summed E-state index contributed by atoms with van der Waals surface area (Å²) in [5.41, 5.74) is 0. The number of carbonyl (C=O) groups is 2. The van der Waals surface area contributed by atoms with Crippen LogP contribution in [0.25, 0.3) is 0 Å². The van der Waals surface area contributed by atoms with Crippen LogP contribution in [0.4, 0.5) is 0 Å². The van der Waals surface area contributed by atoms with Crippen molar-refractivity contribution < 1.29 is 30.0 Å². The number of Topliss-reactive ketones (excluding diaryl/α,β-unsaturated/α-hetero) is 2. The Labute approximate surface area is 411 Å². The molecular weight excluding hydrogens is 817 g/mol. The van der Waals surface area contributed by atoms with Crippen molar-refractivity contribution in [2.75, 3.05) is 0 Å². The van der Waals surface area contributed by atoms with Crippen molar-refractivity contribution in [1.29, 1.82) is 0 Å². The van der Waals surface area contributed by atoms with Crippen molar-refractivity contribution in [3.8, 4) is 0 Å². The van der Waals surface area contributed by atoms with Crippen LogP contribution in [-0.2, 0) is 9.59 Å². The molecule has 6 heteroatoms. The minimum absolute atomic E-state index is 0.0289. The van der Waals surface area contributed by atoms with E-state index in [0.29, 0.717) is 94.4 Å². The fourth-order valence-corrected chi connectivity index (χ4v) is 12.5. The summed E-state index contributed by atoms with van der Waals surface area (Å²) >= 11 is 0. The van der Waals surface area contributed by atoms with Crippen LogP contribution in [0.5, 0.6) is 0 Å². The molecule has 6 aliphatic rings. The van der Waals surface area contributed by atoms with Crippen LogP contribution in [-0.4, -0.2) is 56.4 Å². The first kappa shape index (κ1) is 63.2. The summed E-state index contributed by atoms with van der Waals surface area (Å²) < 4.78 is 0. The van der Waals surface area contributed by atoms with E-state index in [1.54, 1.807) is 0 Å². The molecule has 5 unspecified atom stereocenters. The lowest BCUT2D eigenvalue weighted by molar-refractivity contribution is -0.128. The standard InChI is InChI=1S/4C10H20O.2C10H18O/c6*1-7(2)9-5-4-8(3)6-10(9)11/h4*7-11H,4-6H2,1-3H3;2*7-9H,4-6H2,1-3H3/t8-,9?,10?;8-,9?,10-;8-,9-,10?;8-,9-,10-;8-,9?;8-,9-/m111111/s1. The molecule has 0 spiro atoms. The number of hydrogen-bond donors (Lipinski definition) is 4. The Morgan fingerprint density at radius 1 is 0.303 bits per heavy atom. The minimum atomic E-state index is -0.0289.